The zero-order valence-electron chi connectivity index (χ0n) is 32.8. The number of piperazine rings is 1. The van der Waals surface area contributed by atoms with Crippen molar-refractivity contribution in [1.29, 1.82) is 0 Å². The molecule has 8 aromatic rings. The minimum atomic E-state index is -0.767. The van der Waals surface area contributed by atoms with Crippen LogP contribution in [-0.4, -0.2) is 91.2 Å². The van der Waals surface area contributed by atoms with Crippen molar-refractivity contribution in [2.24, 2.45) is 0 Å². The second-order valence-corrected chi connectivity index (χ2v) is 16.3. The summed E-state index contributed by atoms with van der Waals surface area (Å²) >= 11 is 3.85. The fourth-order valence-corrected chi connectivity index (χ4v) is 9.43. The maximum Gasteiger partial charge on any atom is 0.236 e. The predicted molar refractivity (Wildman–Crippen MR) is 235 cm³/mol. The Hall–Kier alpha value is -6.37. The van der Waals surface area contributed by atoms with Crippen LogP contribution >= 0.6 is 15.9 Å². The zero-order valence-corrected chi connectivity index (χ0v) is 34.4. The van der Waals surface area contributed by atoms with E-state index in [1.54, 1.807) is 0 Å². The second-order valence-electron chi connectivity index (χ2n) is 15.5. The Morgan fingerprint density at radius 2 is 1.35 bits per heavy atom. The number of hydrogen-bond acceptors (Lipinski definition) is 8. The molecule has 298 valence electrons. The van der Waals surface area contributed by atoms with E-state index < -0.39 is 11.4 Å². The van der Waals surface area contributed by atoms with Gasteiger partial charge in [0, 0.05) is 66.9 Å². The number of fused-ring (bicyclic) bond motifs is 2. The summed E-state index contributed by atoms with van der Waals surface area (Å²) in [6.07, 6.45) is 5.18. The van der Waals surface area contributed by atoms with Crippen molar-refractivity contribution in [3.8, 4) is 11.4 Å². The van der Waals surface area contributed by atoms with Crippen LogP contribution in [0.3, 0.4) is 0 Å². The summed E-state index contributed by atoms with van der Waals surface area (Å²) in [6, 6.07) is 43.9. The minimum Gasteiger partial charge on any atom is -0.368 e. The molecule has 2 aliphatic rings. The summed E-state index contributed by atoms with van der Waals surface area (Å²) in [4.78, 5) is 38.3. The number of nitrogens with zero attached hydrogens (tertiary/aromatic N) is 9. The topological polar surface area (TPSA) is 96.2 Å². The summed E-state index contributed by atoms with van der Waals surface area (Å²) in [6.45, 7) is 4.76. The van der Waals surface area contributed by atoms with E-state index in [0.717, 1.165) is 92.8 Å². The Morgan fingerprint density at radius 3 is 1.97 bits per heavy atom. The first-order valence-corrected chi connectivity index (χ1v) is 21.1. The fraction of sp³-hybridized carbons (Fsp3) is 0.208. The van der Waals surface area contributed by atoms with Crippen molar-refractivity contribution in [2.75, 3.05) is 50.7 Å². The Balaban J connectivity index is 0.851. The van der Waals surface area contributed by atoms with Crippen molar-refractivity contribution in [1.82, 2.24) is 39.5 Å². The van der Waals surface area contributed by atoms with E-state index in [9.17, 15) is 9.18 Å². The van der Waals surface area contributed by atoms with E-state index in [0.29, 0.717) is 25.5 Å². The van der Waals surface area contributed by atoms with Gasteiger partial charge in [0.05, 0.1) is 30.0 Å². The van der Waals surface area contributed by atoms with Crippen LogP contribution in [0.25, 0.3) is 33.2 Å². The Bertz CT molecular complexity index is 2680. The standard InChI is InChI=1S/C48H41BrFN9O/c49-45-41-27-42-35(26-43(41)59(55-45)48(36-10-4-1-5-11-36,37-12-6-2-7-13-37)38-14-8-3-9-15-38)28-51-47(54-42)34-20-21-56(31-34)32-44(60)58-24-22-57(23-25-58)40-18-16-33(17-19-40)46-52-29-39(50)30-53-46/h1-19,26-30,34H,20-25,31-32H2/t34-/m1/s1. The molecule has 0 spiro atoms. The van der Waals surface area contributed by atoms with Gasteiger partial charge in [0.15, 0.2) is 11.6 Å². The number of hydrogen-bond donors (Lipinski definition) is 0. The third kappa shape index (κ3) is 6.99. The summed E-state index contributed by atoms with van der Waals surface area (Å²) < 4.78 is 16.2. The quantitative estimate of drug-likeness (QED) is 0.134. The molecule has 2 aliphatic heterocycles. The van der Waals surface area contributed by atoms with Crippen molar-refractivity contribution in [3.63, 3.8) is 0 Å². The van der Waals surface area contributed by atoms with Crippen LogP contribution in [0.15, 0.2) is 151 Å². The molecule has 12 heteroatoms. The fourth-order valence-electron chi connectivity index (χ4n) is 8.95. The molecular weight excluding hydrogens is 817 g/mol. The molecule has 3 aromatic heterocycles. The van der Waals surface area contributed by atoms with Gasteiger partial charge in [0.25, 0.3) is 0 Å². The van der Waals surface area contributed by atoms with Gasteiger partial charge in [-0.05, 0) is 82.0 Å². The monoisotopic (exact) mass is 857 g/mol. The van der Waals surface area contributed by atoms with Gasteiger partial charge < -0.3 is 9.80 Å². The van der Waals surface area contributed by atoms with Crippen LogP contribution in [0.5, 0.6) is 0 Å². The minimum absolute atomic E-state index is 0.131. The number of rotatable bonds is 9. The summed E-state index contributed by atoms with van der Waals surface area (Å²) in [5.41, 5.74) is 6.26. The van der Waals surface area contributed by atoms with E-state index in [2.05, 4.69) is 125 Å². The number of carbonyl (C=O) groups excluding carboxylic acids is 1. The number of aromatic nitrogens is 6. The largest absolute Gasteiger partial charge is 0.368 e. The lowest BCUT2D eigenvalue weighted by molar-refractivity contribution is -0.132. The van der Waals surface area contributed by atoms with E-state index in [4.69, 9.17) is 15.1 Å². The molecule has 2 saturated heterocycles. The number of halogens is 2. The van der Waals surface area contributed by atoms with Crippen molar-refractivity contribution >= 4 is 49.3 Å². The number of anilines is 1. The second kappa shape index (κ2) is 16.0. The van der Waals surface area contributed by atoms with E-state index in [1.165, 1.54) is 12.4 Å². The predicted octanol–water partition coefficient (Wildman–Crippen LogP) is 8.32. The average Bonchev–Trinajstić information content (AvgIpc) is 3.91. The lowest BCUT2D eigenvalue weighted by Gasteiger charge is -2.37. The number of amides is 1. The van der Waals surface area contributed by atoms with E-state index in [1.807, 2.05) is 53.6 Å². The normalized spacial score (nSPS) is 16.2. The number of carbonyl (C=O) groups is 1. The van der Waals surface area contributed by atoms with Gasteiger partial charge in [0.1, 0.15) is 16.0 Å². The van der Waals surface area contributed by atoms with Crippen molar-refractivity contribution < 1.29 is 9.18 Å². The highest BCUT2D eigenvalue weighted by molar-refractivity contribution is 9.10. The van der Waals surface area contributed by atoms with Crippen LogP contribution in [-0.2, 0) is 10.3 Å². The molecule has 10 nitrogen and oxygen atoms in total. The summed E-state index contributed by atoms with van der Waals surface area (Å²) in [7, 11) is 0. The summed E-state index contributed by atoms with van der Waals surface area (Å²) in [5, 5.41) is 7.15. The first kappa shape index (κ1) is 37.9. The molecular formula is C48H41BrFN9O. The van der Waals surface area contributed by atoms with Crippen LogP contribution in [0, 0.1) is 5.82 Å². The maximum absolute atomic E-state index is 13.5. The maximum atomic E-state index is 13.5. The molecule has 0 radical (unpaired) electrons. The number of benzene rings is 5. The molecule has 0 aliphatic carbocycles. The molecule has 10 rings (SSSR count). The molecule has 0 saturated carbocycles. The molecule has 1 atom stereocenters. The Labute approximate surface area is 355 Å². The Kier molecular flexibility index (Phi) is 10.1. The number of likely N-dealkylation sites (tertiary alicyclic amines) is 1. The molecule has 0 N–H and O–H groups in total. The smallest absolute Gasteiger partial charge is 0.236 e. The molecule has 60 heavy (non-hydrogen) atoms. The first-order chi connectivity index (χ1) is 29.4. The highest BCUT2D eigenvalue weighted by Crippen LogP contribution is 2.44. The van der Waals surface area contributed by atoms with Crippen LogP contribution in [0.4, 0.5) is 10.1 Å². The van der Waals surface area contributed by atoms with Gasteiger partial charge in [-0.3, -0.25) is 9.69 Å². The lowest BCUT2D eigenvalue weighted by Crippen LogP contribution is -2.51. The lowest BCUT2D eigenvalue weighted by atomic mass is 9.77. The van der Waals surface area contributed by atoms with Crippen LogP contribution in [0.1, 0.15) is 34.9 Å². The third-order valence-electron chi connectivity index (χ3n) is 12.0. The average molecular weight is 859 g/mol. The van der Waals surface area contributed by atoms with E-state index in [-0.39, 0.29) is 11.8 Å². The molecule has 1 amide bonds. The van der Waals surface area contributed by atoms with Gasteiger partial charge in [-0.25, -0.2) is 29.0 Å². The SMILES string of the molecule is O=C(CN1CC[C@@H](c2ncc3cc4c(cc3n2)c(Br)nn4C(c2ccccc2)(c2ccccc2)c2ccccc2)C1)N1CCN(c2ccc(-c3ncc(F)cn3)cc2)CC1. The molecule has 0 bridgehead atoms. The Morgan fingerprint density at radius 1 is 0.733 bits per heavy atom. The van der Waals surface area contributed by atoms with Gasteiger partial charge in [0.2, 0.25) is 5.91 Å². The van der Waals surface area contributed by atoms with Gasteiger partial charge in [-0.15, -0.1) is 0 Å². The zero-order chi connectivity index (χ0) is 40.6. The first-order valence-electron chi connectivity index (χ1n) is 20.3. The van der Waals surface area contributed by atoms with Gasteiger partial charge in [-0.2, -0.15) is 5.10 Å². The van der Waals surface area contributed by atoms with Crippen LogP contribution < -0.4 is 4.90 Å². The highest BCUT2D eigenvalue weighted by Gasteiger charge is 2.41. The molecule has 2 fully saturated rings. The third-order valence-corrected chi connectivity index (χ3v) is 12.6. The van der Waals surface area contributed by atoms with Gasteiger partial charge in [-0.1, -0.05) is 91.0 Å². The molecule has 5 heterocycles. The van der Waals surface area contributed by atoms with Gasteiger partial charge >= 0.3 is 0 Å². The van der Waals surface area contributed by atoms with E-state index >= 15 is 0 Å². The van der Waals surface area contributed by atoms with Crippen molar-refractivity contribution in [3.05, 3.63) is 179 Å². The summed E-state index contributed by atoms with van der Waals surface area (Å²) in [5.74, 6) is 1.12. The molecule has 5 aromatic carbocycles. The molecule has 0 unspecified atom stereocenters. The highest BCUT2D eigenvalue weighted by atomic mass is 79.9. The van der Waals surface area contributed by atoms with Crippen LogP contribution in [0.2, 0.25) is 0 Å². The van der Waals surface area contributed by atoms with Crippen molar-refractivity contribution in [2.45, 2.75) is 17.9 Å².